The highest BCUT2D eigenvalue weighted by Crippen LogP contribution is 2.49. The predicted octanol–water partition coefficient (Wildman–Crippen LogP) is 14.5. The summed E-state index contributed by atoms with van der Waals surface area (Å²) >= 11 is 0. The third-order valence-corrected chi connectivity index (χ3v) is 13.5. The van der Waals surface area contributed by atoms with Crippen LogP contribution in [0.1, 0.15) is 0 Å². The second kappa shape index (κ2) is 10.5. The molecule has 0 bridgehead atoms. The molecule has 0 atom stereocenters. The first kappa shape index (κ1) is 30.2. The minimum Gasteiger partial charge on any atom is -0.309 e. The number of hydrogen-bond acceptors (Lipinski definition) is 1. The maximum absolute atomic E-state index is 5.47. The largest absolute Gasteiger partial charge is 0.309 e. The van der Waals surface area contributed by atoms with E-state index in [0.29, 0.717) is 0 Å². The van der Waals surface area contributed by atoms with E-state index < -0.39 is 0 Å². The first-order valence-electron chi connectivity index (χ1n) is 20.4. The second-order valence-corrected chi connectivity index (χ2v) is 16.3. The van der Waals surface area contributed by atoms with Gasteiger partial charge in [0.2, 0.25) is 0 Å². The normalized spacial score (nSPS) is 12.7. The Kier molecular flexibility index (Phi) is 5.38. The maximum atomic E-state index is 5.47. The van der Waals surface area contributed by atoms with Gasteiger partial charge in [0.15, 0.2) is 0 Å². The molecule has 0 aliphatic rings. The Morgan fingerprint density at radius 2 is 0.966 bits per heavy atom. The van der Waals surface area contributed by atoms with Crippen LogP contribution in [0.25, 0.3) is 136 Å². The van der Waals surface area contributed by atoms with E-state index in [0.717, 1.165) is 16.9 Å². The number of aromatic nitrogens is 4. The summed E-state index contributed by atoms with van der Waals surface area (Å²) in [6.45, 7) is 0. The summed E-state index contributed by atoms with van der Waals surface area (Å²) in [7, 11) is 0. The van der Waals surface area contributed by atoms with Crippen molar-refractivity contribution in [3.63, 3.8) is 0 Å². The average molecular weight is 747 g/mol. The predicted molar refractivity (Wildman–Crippen MR) is 248 cm³/mol. The van der Waals surface area contributed by atoms with Crippen molar-refractivity contribution in [3.8, 4) is 16.8 Å². The molecule has 4 nitrogen and oxygen atoms in total. The van der Waals surface area contributed by atoms with Gasteiger partial charge in [-0.1, -0.05) is 140 Å². The van der Waals surface area contributed by atoms with Crippen molar-refractivity contribution in [2.75, 3.05) is 0 Å². The lowest BCUT2D eigenvalue weighted by atomic mass is 9.93. The van der Waals surface area contributed by atoms with Gasteiger partial charge in [-0.05, 0) is 58.1 Å². The second-order valence-electron chi connectivity index (χ2n) is 16.3. The summed E-state index contributed by atoms with van der Waals surface area (Å²) in [4.78, 5) is 5.47. The molecule has 0 radical (unpaired) electrons. The van der Waals surface area contributed by atoms with Crippen molar-refractivity contribution in [2.24, 2.45) is 0 Å². The van der Waals surface area contributed by atoms with E-state index in [2.05, 4.69) is 195 Å². The lowest BCUT2D eigenvalue weighted by Crippen LogP contribution is -1.93. The quantitative estimate of drug-likeness (QED) is 0.173. The highest BCUT2D eigenvalue weighted by atomic mass is 15.0. The smallest absolute Gasteiger partial charge is 0.146 e. The van der Waals surface area contributed by atoms with E-state index in [9.17, 15) is 0 Å². The average Bonchev–Trinajstić information content (AvgIpc) is 4.09. The molecule has 6 aromatic heterocycles. The summed E-state index contributed by atoms with van der Waals surface area (Å²) in [6.07, 6.45) is 2.15. The van der Waals surface area contributed by atoms with Gasteiger partial charge in [0.25, 0.3) is 0 Å². The van der Waals surface area contributed by atoms with Gasteiger partial charge in [0, 0.05) is 70.5 Å². The molecular formula is C55H30N4. The molecule has 0 aliphatic heterocycles. The van der Waals surface area contributed by atoms with Gasteiger partial charge in [0.1, 0.15) is 5.65 Å². The monoisotopic (exact) mass is 746 g/mol. The molecule has 0 N–H and O–H groups in total. The summed E-state index contributed by atoms with van der Waals surface area (Å²) in [6, 6.07) is 65.0. The van der Waals surface area contributed by atoms with Crippen LogP contribution in [0.3, 0.4) is 0 Å². The van der Waals surface area contributed by atoms with Crippen LogP contribution in [-0.4, -0.2) is 18.4 Å². The molecule has 0 aliphatic carbocycles. The lowest BCUT2D eigenvalue weighted by molar-refractivity contribution is 1.18. The Labute approximate surface area is 335 Å². The van der Waals surface area contributed by atoms with Crippen molar-refractivity contribution >= 4 is 120 Å². The zero-order valence-corrected chi connectivity index (χ0v) is 31.6. The van der Waals surface area contributed by atoms with Crippen LogP contribution in [0.5, 0.6) is 0 Å². The molecule has 0 saturated heterocycles. The molecule has 4 heteroatoms. The van der Waals surface area contributed by atoms with Crippen molar-refractivity contribution < 1.29 is 0 Å². The molecule has 15 aromatic rings. The highest BCUT2D eigenvalue weighted by Gasteiger charge is 2.27. The Hall–Kier alpha value is -7.95. The molecule has 59 heavy (non-hydrogen) atoms. The van der Waals surface area contributed by atoms with Crippen LogP contribution in [-0.2, 0) is 0 Å². The van der Waals surface area contributed by atoms with Gasteiger partial charge in [-0.3, -0.25) is 4.40 Å². The van der Waals surface area contributed by atoms with Crippen molar-refractivity contribution in [3.05, 3.63) is 182 Å². The molecule has 270 valence electrons. The van der Waals surface area contributed by atoms with Gasteiger partial charge >= 0.3 is 0 Å². The van der Waals surface area contributed by atoms with Crippen molar-refractivity contribution in [1.29, 1.82) is 0 Å². The van der Waals surface area contributed by atoms with Gasteiger partial charge < -0.3 is 8.97 Å². The number of fused-ring (bicyclic) bond motifs is 19. The fourth-order valence-electron chi connectivity index (χ4n) is 11.2. The minimum absolute atomic E-state index is 1.01. The standard InChI is InChI=1S/C55H30N4/c1-2-14-34(15-3-1)57-45-23-9-8-18-37(45)43-29-33(25-27-46(43)57)48-35-16-6-5-13-32(35)28-44-39-20-11-21-41-49-47(58(52(39)41)54(44)48)30-56-55-50(49)42-22-10-19-38-40-26-24-31-12-4-7-17-36(31)51(40)59(55)53(38)42/h1-30H. The van der Waals surface area contributed by atoms with E-state index in [1.165, 1.54) is 120 Å². The van der Waals surface area contributed by atoms with Gasteiger partial charge in [0.05, 0.1) is 44.8 Å². The topological polar surface area (TPSA) is 26.6 Å². The lowest BCUT2D eigenvalue weighted by Gasteiger charge is -2.12. The molecule has 0 amide bonds. The number of pyridine rings is 1. The number of rotatable bonds is 2. The summed E-state index contributed by atoms with van der Waals surface area (Å²) in [5, 5.41) is 17.6. The molecule has 0 unspecified atom stereocenters. The van der Waals surface area contributed by atoms with Crippen LogP contribution in [0.15, 0.2) is 182 Å². The summed E-state index contributed by atoms with van der Waals surface area (Å²) in [5.41, 5.74) is 13.1. The Balaban J connectivity index is 1.12. The maximum Gasteiger partial charge on any atom is 0.146 e. The van der Waals surface area contributed by atoms with Gasteiger partial charge in [-0.2, -0.15) is 0 Å². The number of benzene rings is 9. The SMILES string of the molecule is c1ccc(-n2c3ccccc3c3cc(-c4c5ccccc5cc5c6cccc7c8c9c%10cccc%11c%12ccc%13ccccc%13c%12n(c9ncc8n(c45)c67)c%11%10)ccc32)cc1. The molecule has 0 fully saturated rings. The van der Waals surface area contributed by atoms with Crippen LogP contribution < -0.4 is 0 Å². The molecule has 9 aromatic carbocycles. The summed E-state index contributed by atoms with van der Waals surface area (Å²) < 4.78 is 7.39. The summed E-state index contributed by atoms with van der Waals surface area (Å²) in [5.74, 6) is 0. The van der Waals surface area contributed by atoms with Crippen LogP contribution in [0.4, 0.5) is 0 Å². The molecule has 0 saturated carbocycles. The van der Waals surface area contributed by atoms with E-state index in [-0.39, 0.29) is 0 Å². The van der Waals surface area contributed by atoms with E-state index in [1.54, 1.807) is 0 Å². The molecular weight excluding hydrogens is 717 g/mol. The Bertz CT molecular complexity index is 4300. The highest BCUT2D eigenvalue weighted by molar-refractivity contribution is 6.37. The molecule has 0 spiro atoms. The minimum atomic E-state index is 1.01. The van der Waals surface area contributed by atoms with Crippen LogP contribution in [0, 0.1) is 0 Å². The van der Waals surface area contributed by atoms with Crippen LogP contribution in [0.2, 0.25) is 0 Å². The van der Waals surface area contributed by atoms with E-state index in [1.807, 2.05) is 0 Å². The van der Waals surface area contributed by atoms with Crippen molar-refractivity contribution in [2.45, 2.75) is 0 Å². The van der Waals surface area contributed by atoms with Gasteiger partial charge in [-0.25, -0.2) is 4.98 Å². The van der Waals surface area contributed by atoms with Crippen molar-refractivity contribution in [1.82, 2.24) is 18.4 Å². The third-order valence-electron chi connectivity index (χ3n) is 13.5. The van der Waals surface area contributed by atoms with Gasteiger partial charge in [-0.15, -0.1) is 0 Å². The Morgan fingerprint density at radius 3 is 1.83 bits per heavy atom. The zero-order valence-electron chi connectivity index (χ0n) is 31.6. The fourth-order valence-corrected chi connectivity index (χ4v) is 11.2. The Morgan fingerprint density at radius 1 is 0.339 bits per heavy atom. The number of nitrogens with zero attached hydrogens (tertiary/aromatic N) is 4. The van der Waals surface area contributed by atoms with Crippen LogP contribution >= 0.6 is 0 Å². The fraction of sp³-hybridized carbons (Fsp3) is 0. The van der Waals surface area contributed by atoms with E-state index >= 15 is 0 Å². The number of para-hydroxylation sites is 4. The third kappa shape index (κ3) is 3.56. The van der Waals surface area contributed by atoms with E-state index in [4.69, 9.17) is 4.98 Å². The number of hydrogen-bond donors (Lipinski definition) is 0. The first-order chi connectivity index (χ1) is 29.3. The first-order valence-corrected chi connectivity index (χ1v) is 20.4. The zero-order chi connectivity index (χ0) is 38.1. The molecule has 6 heterocycles. The molecule has 15 rings (SSSR count).